The molecule has 1 aliphatic rings. The van der Waals surface area contributed by atoms with E-state index in [-0.39, 0.29) is 18.4 Å². The van der Waals surface area contributed by atoms with Crippen molar-refractivity contribution in [1.82, 2.24) is 29.2 Å². The molecule has 4 heterocycles. The number of anilines is 1. The zero-order chi connectivity index (χ0) is 25.1. The number of benzene rings is 1. The van der Waals surface area contributed by atoms with Crippen LogP contribution in [0, 0.1) is 5.92 Å². The number of rotatable bonds is 9. The summed E-state index contributed by atoms with van der Waals surface area (Å²) in [6.45, 7) is 5.69. The zero-order valence-electron chi connectivity index (χ0n) is 20.4. The van der Waals surface area contributed by atoms with Gasteiger partial charge in [-0.1, -0.05) is 12.1 Å². The summed E-state index contributed by atoms with van der Waals surface area (Å²) in [5.41, 5.74) is 8.38. The van der Waals surface area contributed by atoms with Crippen LogP contribution in [0.25, 0.3) is 16.7 Å². The van der Waals surface area contributed by atoms with Gasteiger partial charge in [-0.05, 0) is 49.7 Å². The first-order valence-electron chi connectivity index (χ1n) is 12.3. The predicted octanol–water partition coefficient (Wildman–Crippen LogP) is 1.81. The largest absolute Gasteiger partial charge is 0.391 e. The molecule has 188 valence electrons. The number of primary amides is 1. The van der Waals surface area contributed by atoms with E-state index in [1.54, 1.807) is 12.5 Å². The zero-order valence-corrected chi connectivity index (χ0v) is 20.4. The Kier molecular flexibility index (Phi) is 6.97. The molecule has 2 atom stereocenters. The second kappa shape index (κ2) is 10.5. The first kappa shape index (κ1) is 24.0. The van der Waals surface area contributed by atoms with Gasteiger partial charge < -0.3 is 20.3 Å². The highest BCUT2D eigenvalue weighted by molar-refractivity contribution is 5.87. The molecule has 0 saturated carbocycles. The van der Waals surface area contributed by atoms with E-state index in [0.29, 0.717) is 13.1 Å². The van der Waals surface area contributed by atoms with Gasteiger partial charge in [-0.15, -0.1) is 0 Å². The van der Waals surface area contributed by atoms with Crippen molar-refractivity contribution < 1.29 is 9.90 Å². The molecule has 1 amide bonds. The van der Waals surface area contributed by atoms with E-state index < -0.39 is 6.10 Å². The Labute approximate surface area is 210 Å². The minimum atomic E-state index is -0.520. The molecule has 1 unspecified atom stereocenters. The maximum Gasteiger partial charge on any atom is 0.231 e. The lowest BCUT2D eigenvalue weighted by atomic mass is 9.93. The van der Waals surface area contributed by atoms with Gasteiger partial charge in [-0.25, -0.2) is 14.6 Å². The summed E-state index contributed by atoms with van der Waals surface area (Å²) in [4.78, 5) is 24.6. The van der Waals surface area contributed by atoms with Crippen molar-refractivity contribution in [2.75, 3.05) is 31.1 Å². The van der Waals surface area contributed by atoms with Gasteiger partial charge in [0.25, 0.3) is 0 Å². The third-order valence-corrected chi connectivity index (χ3v) is 6.91. The van der Waals surface area contributed by atoms with Gasteiger partial charge in [0, 0.05) is 50.7 Å². The second-order valence-electron chi connectivity index (χ2n) is 9.35. The molecule has 1 saturated heterocycles. The number of aromatic nitrogens is 5. The first-order valence-corrected chi connectivity index (χ1v) is 12.3. The van der Waals surface area contributed by atoms with Crippen LogP contribution in [0.3, 0.4) is 0 Å². The number of β-amino-alcohol motifs (C(OH)–C–C–N with tert-alkyl or cyclic N) is 1. The maximum absolute atomic E-state index is 11.2. The molecule has 0 bridgehead atoms. The molecule has 1 fully saturated rings. The van der Waals surface area contributed by atoms with Crippen molar-refractivity contribution in [1.29, 1.82) is 0 Å². The Morgan fingerprint density at radius 2 is 2.03 bits per heavy atom. The number of aliphatic hydroxyl groups is 1. The van der Waals surface area contributed by atoms with Crippen LogP contribution in [0.1, 0.15) is 18.9 Å². The molecule has 4 aromatic rings. The molecule has 0 radical (unpaired) electrons. The van der Waals surface area contributed by atoms with Gasteiger partial charge in [0.1, 0.15) is 17.8 Å². The third kappa shape index (κ3) is 5.09. The van der Waals surface area contributed by atoms with Crippen molar-refractivity contribution in [3.05, 3.63) is 66.9 Å². The lowest BCUT2D eigenvalue weighted by Gasteiger charge is -2.35. The summed E-state index contributed by atoms with van der Waals surface area (Å²) in [5.74, 6) is 0.614. The number of carbonyl (C=O) groups is 1. The van der Waals surface area contributed by atoms with Crippen molar-refractivity contribution in [2.24, 2.45) is 11.7 Å². The minimum absolute atomic E-state index is 0.0821. The first-order chi connectivity index (χ1) is 17.5. The van der Waals surface area contributed by atoms with Crippen LogP contribution in [0.2, 0.25) is 0 Å². The minimum Gasteiger partial charge on any atom is -0.391 e. The Morgan fingerprint density at radius 1 is 1.19 bits per heavy atom. The maximum atomic E-state index is 11.2. The summed E-state index contributed by atoms with van der Waals surface area (Å²) in [6, 6.07) is 12.4. The number of hydrogen-bond donors (Lipinski definition) is 2. The van der Waals surface area contributed by atoms with E-state index >= 15 is 0 Å². The highest BCUT2D eigenvalue weighted by Crippen LogP contribution is 2.28. The smallest absolute Gasteiger partial charge is 0.231 e. The average Bonchev–Trinajstić information content (AvgIpc) is 3.55. The highest BCUT2D eigenvalue weighted by Gasteiger charge is 2.29. The summed E-state index contributed by atoms with van der Waals surface area (Å²) >= 11 is 0. The third-order valence-electron chi connectivity index (χ3n) is 6.91. The summed E-state index contributed by atoms with van der Waals surface area (Å²) in [6.07, 6.45) is 7.61. The Bertz CT molecular complexity index is 1300. The molecule has 0 aliphatic carbocycles. The fourth-order valence-corrected chi connectivity index (χ4v) is 5.00. The number of hydrogen-bond acceptors (Lipinski definition) is 7. The lowest BCUT2D eigenvalue weighted by molar-refractivity contribution is -0.120. The van der Waals surface area contributed by atoms with E-state index in [2.05, 4.69) is 61.8 Å². The molecule has 1 aromatic carbocycles. The fraction of sp³-hybridized carbons (Fsp3) is 0.385. The average molecular weight is 489 g/mol. The monoisotopic (exact) mass is 488 g/mol. The number of piperidine rings is 1. The van der Waals surface area contributed by atoms with Crippen LogP contribution < -0.4 is 10.6 Å². The molecular weight excluding hydrogens is 456 g/mol. The standard InChI is InChI=1S/C26H32N8O2/c1-2-32(14-19-4-6-21(7-5-19)34-11-3-10-30-34)25-22-9-13-33(26(22)29-18-28-25)15-20-8-12-31(16-23(20)35)17-24(27)36/h3-7,9-11,13,18,20,23,35H,2,8,12,14-17H2,1H3,(H2,27,36)/t20?,23-/m0/s1. The van der Waals surface area contributed by atoms with Gasteiger partial charge in [-0.2, -0.15) is 5.10 Å². The number of amides is 1. The van der Waals surface area contributed by atoms with Crippen LogP contribution >= 0.6 is 0 Å². The summed E-state index contributed by atoms with van der Waals surface area (Å²) in [7, 11) is 0. The molecule has 10 heteroatoms. The van der Waals surface area contributed by atoms with Crippen molar-refractivity contribution in [3.8, 4) is 5.69 Å². The van der Waals surface area contributed by atoms with Gasteiger partial charge >= 0.3 is 0 Å². The summed E-state index contributed by atoms with van der Waals surface area (Å²) in [5, 5.41) is 16.0. The molecule has 0 spiro atoms. The number of nitrogens with two attached hydrogens (primary N) is 1. The van der Waals surface area contributed by atoms with Crippen molar-refractivity contribution in [2.45, 2.75) is 32.5 Å². The van der Waals surface area contributed by atoms with Crippen LogP contribution in [-0.4, -0.2) is 72.5 Å². The molecular formula is C26H32N8O2. The summed E-state index contributed by atoms with van der Waals surface area (Å²) < 4.78 is 3.95. The van der Waals surface area contributed by atoms with Crippen LogP contribution in [0.15, 0.2) is 61.3 Å². The number of carbonyl (C=O) groups excluding carboxylic acids is 1. The van der Waals surface area contributed by atoms with Gasteiger partial charge in [-0.3, -0.25) is 9.69 Å². The second-order valence-corrected chi connectivity index (χ2v) is 9.35. The van der Waals surface area contributed by atoms with Gasteiger partial charge in [0.05, 0.1) is 23.7 Å². The molecule has 10 nitrogen and oxygen atoms in total. The quantitative estimate of drug-likeness (QED) is 0.369. The molecule has 5 rings (SSSR count). The number of fused-ring (bicyclic) bond motifs is 1. The van der Waals surface area contributed by atoms with E-state index in [9.17, 15) is 9.90 Å². The van der Waals surface area contributed by atoms with Gasteiger partial charge in [0.15, 0.2) is 0 Å². The lowest BCUT2D eigenvalue weighted by Crippen LogP contribution is -2.47. The Balaban J connectivity index is 1.31. The molecule has 3 aromatic heterocycles. The SMILES string of the molecule is CCN(Cc1ccc(-n2cccn2)cc1)c1ncnc2c1ccn2CC1CCN(CC(N)=O)C[C@@H]1O. The normalized spacial score (nSPS) is 18.5. The van der Waals surface area contributed by atoms with E-state index in [0.717, 1.165) is 48.6 Å². The molecule has 36 heavy (non-hydrogen) atoms. The van der Waals surface area contributed by atoms with E-state index in [1.165, 1.54) is 5.56 Å². The number of likely N-dealkylation sites (tertiary alicyclic amines) is 1. The van der Waals surface area contributed by atoms with Gasteiger partial charge in [0.2, 0.25) is 5.91 Å². The van der Waals surface area contributed by atoms with E-state index in [4.69, 9.17) is 5.73 Å². The Hall–Kier alpha value is -3.76. The Morgan fingerprint density at radius 3 is 2.72 bits per heavy atom. The van der Waals surface area contributed by atoms with E-state index in [1.807, 2.05) is 28.0 Å². The van der Waals surface area contributed by atoms with Crippen molar-refractivity contribution in [3.63, 3.8) is 0 Å². The van der Waals surface area contributed by atoms with Crippen molar-refractivity contribution >= 4 is 22.8 Å². The van der Waals surface area contributed by atoms with Crippen LogP contribution in [-0.2, 0) is 17.9 Å². The highest BCUT2D eigenvalue weighted by atomic mass is 16.3. The van der Waals surface area contributed by atoms with Crippen LogP contribution in [0.5, 0.6) is 0 Å². The predicted molar refractivity (Wildman–Crippen MR) is 138 cm³/mol. The molecule has 3 N–H and O–H groups in total. The van der Waals surface area contributed by atoms with Crippen LogP contribution in [0.4, 0.5) is 5.82 Å². The topological polar surface area (TPSA) is 118 Å². The molecule has 1 aliphatic heterocycles. The fourth-order valence-electron chi connectivity index (χ4n) is 5.00. The number of aliphatic hydroxyl groups excluding tert-OH is 1. The number of nitrogens with zero attached hydrogens (tertiary/aromatic N) is 7.